The van der Waals surface area contributed by atoms with Crippen LogP contribution in [0.5, 0.6) is 0 Å². The van der Waals surface area contributed by atoms with Gasteiger partial charge in [0.15, 0.2) is 0 Å². The van der Waals surface area contributed by atoms with E-state index in [-0.39, 0.29) is 5.92 Å². The minimum absolute atomic E-state index is 0.229. The molecule has 0 fully saturated rings. The molecule has 0 radical (unpaired) electrons. The maximum atomic E-state index is 2.46. The first kappa shape index (κ1) is 23.7. The number of rotatable bonds is 3. The van der Waals surface area contributed by atoms with Gasteiger partial charge in [-0.3, -0.25) is 0 Å². The summed E-state index contributed by atoms with van der Waals surface area (Å²) in [5.74, 6) is 0.229. The highest BCUT2D eigenvalue weighted by Gasteiger charge is 2.27. The van der Waals surface area contributed by atoms with Gasteiger partial charge in [0.25, 0.3) is 0 Å². The van der Waals surface area contributed by atoms with Gasteiger partial charge in [-0.25, -0.2) is 0 Å². The molecule has 2 aliphatic rings. The van der Waals surface area contributed by atoms with E-state index in [4.69, 9.17) is 0 Å². The summed E-state index contributed by atoms with van der Waals surface area (Å²) >= 11 is 0. The Labute approximate surface area is 231 Å². The topological polar surface area (TPSA) is 0 Å². The zero-order valence-corrected chi connectivity index (χ0v) is 23.0. The lowest BCUT2D eigenvalue weighted by Crippen LogP contribution is -2.25. The van der Waals surface area contributed by atoms with Crippen molar-refractivity contribution in [3.8, 4) is 11.1 Å². The van der Waals surface area contributed by atoms with Crippen molar-refractivity contribution in [2.24, 2.45) is 0 Å². The van der Waals surface area contributed by atoms with Gasteiger partial charge in [0.2, 0.25) is 0 Å². The molecule has 5 aromatic rings. The Morgan fingerprint density at radius 1 is 0.615 bits per heavy atom. The fourth-order valence-electron chi connectivity index (χ4n) is 6.58. The van der Waals surface area contributed by atoms with Crippen molar-refractivity contribution >= 4 is 17.7 Å². The van der Waals surface area contributed by atoms with Crippen molar-refractivity contribution in [3.63, 3.8) is 0 Å². The predicted molar refractivity (Wildman–Crippen MR) is 165 cm³/mol. The van der Waals surface area contributed by atoms with Gasteiger partial charge in [-0.1, -0.05) is 109 Å². The molecular formula is C39H32. The van der Waals surface area contributed by atoms with Crippen LogP contribution in [0, 0.1) is 27.7 Å². The summed E-state index contributed by atoms with van der Waals surface area (Å²) in [5, 5.41) is 2.69. The first-order valence-electron chi connectivity index (χ1n) is 13.9. The average molecular weight is 501 g/mol. The molecule has 0 saturated heterocycles. The molecule has 2 aliphatic carbocycles. The second kappa shape index (κ2) is 9.10. The van der Waals surface area contributed by atoms with Crippen LogP contribution >= 0.6 is 0 Å². The summed E-state index contributed by atoms with van der Waals surface area (Å²) < 4.78 is 0. The standard InChI is InChI=1S/C39H32/c1-24-15-17-32-31(19-24)22-37-36(32)23-34(39(28-11-7-5-8-12-28)29-13-9-6-10-14-29)27(4)38(37)33-18-16-30-20-25(2)26(3)21-35(30)33/h5-23,33H,1-4H3. The van der Waals surface area contributed by atoms with Gasteiger partial charge in [0.1, 0.15) is 0 Å². The third-order valence-corrected chi connectivity index (χ3v) is 8.68. The molecule has 7 rings (SSSR count). The van der Waals surface area contributed by atoms with E-state index in [1.54, 1.807) is 0 Å². The molecule has 0 N–H and O–H groups in total. The predicted octanol–water partition coefficient (Wildman–Crippen LogP) is 8.14. The molecule has 1 atom stereocenters. The van der Waals surface area contributed by atoms with Gasteiger partial charge in [0, 0.05) is 5.92 Å². The highest BCUT2D eigenvalue weighted by molar-refractivity contribution is 5.88. The molecule has 0 saturated carbocycles. The molecule has 5 aromatic carbocycles. The van der Waals surface area contributed by atoms with Crippen LogP contribution in [-0.2, 0) is 0 Å². The van der Waals surface area contributed by atoms with Crippen LogP contribution < -0.4 is 10.4 Å². The quantitative estimate of drug-likeness (QED) is 0.230. The van der Waals surface area contributed by atoms with Crippen LogP contribution in [0.4, 0.5) is 0 Å². The van der Waals surface area contributed by atoms with E-state index in [1.807, 2.05) is 0 Å². The second-order valence-electron chi connectivity index (χ2n) is 11.2. The highest BCUT2D eigenvalue weighted by Crippen LogP contribution is 2.39. The van der Waals surface area contributed by atoms with Crippen molar-refractivity contribution in [2.45, 2.75) is 33.6 Å². The molecular weight excluding hydrogens is 468 g/mol. The molecule has 0 aliphatic heterocycles. The smallest absolute Gasteiger partial charge is 0.0287 e. The van der Waals surface area contributed by atoms with Crippen molar-refractivity contribution in [3.05, 3.63) is 169 Å². The van der Waals surface area contributed by atoms with Crippen molar-refractivity contribution in [1.82, 2.24) is 0 Å². The van der Waals surface area contributed by atoms with E-state index in [0.717, 1.165) is 0 Å². The summed E-state index contributed by atoms with van der Waals surface area (Å²) in [6, 6.07) is 35.9. The summed E-state index contributed by atoms with van der Waals surface area (Å²) in [6.45, 7) is 8.98. The van der Waals surface area contributed by atoms with Crippen LogP contribution in [0.2, 0.25) is 0 Å². The van der Waals surface area contributed by atoms with E-state index in [1.165, 1.54) is 82.8 Å². The van der Waals surface area contributed by atoms with Gasteiger partial charge >= 0.3 is 0 Å². The van der Waals surface area contributed by atoms with Crippen LogP contribution in [0.1, 0.15) is 61.6 Å². The highest BCUT2D eigenvalue weighted by atomic mass is 14.3. The second-order valence-corrected chi connectivity index (χ2v) is 11.2. The van der Waals surface area contributed by atoms with Crippen LogP contribution in [-0.4, -0.2) is 0 Å². The molecule has 0 nitrogen and oxygen atoms in total. The Kier molecular flexibility index (Phi) is 5.53. The Balaban J connectivity index is 1.63. The van der Waals surface area contributed by atoms with Gasteiger partial charge in [-0.15, -0.1) is 0 Å². The minimum Gasteiger partial charge on any atom is -0.0720 e. The van der Waals surface area contributed by atoms with Gasteiger partial charge < -0.3 is 0 Å². The Hall–Kier alpha value is -4.42. The van der Waals surface area contributed by atoms with E-state index < -0.39 is 0 Å². The minimum atomic E-state index is 0.229. The molecule has 39 heavy (non-hydrogen) atoms. The lowest BCUT2D eigenvalue weighted by Gasteiger charge is -2.20. The first-order valence-corrected chi connectivity index (χ1v) is 13.9. The number of allylic oxidation sites excluding steroid dienone is 1. The normalized spacial score (nSPS) is 14.5. The molecule has 0 amide bonds. The number of fused-ring (bicyclic) bond motifs is 4. The lowest BCUT2D eigenvalue weighted by molar-refractivity contribution is 1.00. The van der Waals surface area contributed by atoms with Crippen molar-refractivity contribution < 1.29 is 0 Å². The molecule has 0 aromatic heterocycles. The number of hydrogen-bond acceptors (Lipinski definition) is 0. The molecule has 0 spiro atoms. The van der Waals surface area contributed by atoms with E-state index in [0.29, 0.717) is 0 Å². The lowest BCUT2D eigenvalue weighted by atomic mass is 9.83. The van der Waals surface area contributed by atoms with E-state index in [9.17, 15) is 0 Å². The van der Waals surface area contributed by atoms with Gasteiger partial charge in [-0.2, -0.15) is 0 Å². The maximum Gasteiger partial charge on any atom is 0.0287 e. The maximum absolute atomic E-state index is 2.46. The van der Waals surface area contributed by atoms with Crippen LogP contribution in [0.25, 0.3) is 28.9 Å². The fourth-order valence-corrected chi connectivity index (χ4v) is 6.58. The van der Waals surface area contributed by atoms with E-state index in [2.05, 4.69) is 143 Å². The molecule has 188 valence electrons. The largest absolute Gasteiger partial charge is 0.0720 e. The number of hydrogen-bond donors (Lipinski definition) is 0. The zero-order chi connectivity index (χ0) is 26.7. The van der Waals surface area contributed by atoms with Crippen molar-refractivity contribution in [2.75, 3.05) is 0 Å². The number of benzene rings is 5. The van der Waals surface area contributed by atoms with Crippen LogP contribution in [0.15, 0.2) is 103 Å². The molecule has 0 heteroatoms. The Morgan fingerprint density at radius 3 is 1.97 bits per heavy atom. The van der Waals surface area contributed by atoms with E-state index >= 15 is 0 Å². The number of aryl methyl sites for hydroxylation is 3. The molecule has 0 heterocycles. The average Bonchev–Trinajstić information content (AvgIpc) is 3.51. The monoisotopic (exact) mass is 500 g/mol. The summed E-state index contributed by atoms with van der Waals surface area (Å²) in [6.07, 6.45) is 7.18. The van der Waals surface area contributed by atoms with Crippen LogP contribution in [0.3, 0.4) is 0 Å². The molecule has 0 bridgehead atoms. The van der Waals surface area contributed by atoms with Gasteiger partial charge in [-0.05, 0) is 117 Å². The third-order valence-electron chi connectivity index (χ3n) is 8.68. The summed E-state index contributed by atoms with van der Waals surface area (Å²) in [7, 11) is 0. The summed E-state index contributed by atoms with van der Waals surface area (Å²) in [4.78, 5) is 0. The fraction of sp³-hybridized carbons (Fsp3) is 0.128. The van der Waals surface area contributed by atoms with Gasteiger partial charge in [0.05, 0.1) is 0 Å². The molecule has 1 unspecified atom stereocenters. The summed E-state index contributed by atoms with van der Waals surface area (Å²) in [5.41, 5.74) is 17.4. The van der Waals surface area contributed by atoms with Crippen molar-refractivity contribution in [1.29, 1.82) is 0 Å². The Bertz CT molecular complexity index is 1880. The first-order chi connectivity index (χ1) is 19.0. The Morgan fingerprint density at radius 2 is 1.28 bits per heavy atom. The third kappa shape index (κ3) is 3.82. The zero-order valence-electron chi connectivity index (χ0n) is 23.0. The SMILES string of the molecule is Cc1ccc2c(c1)C=c1c-2cc(=C(c2ccccc2)c2ccccc2)c(C)c1C1C=Cc2cc(C)c(C)cc21.